The molecule has 0 radical (unpaired) electrons. The lowest BCUT2D eigenvalue weighted by atomic mass is 9.70. The topological polar surface area (TPSA) is 69.6 Å². The molecule has 0 saturated carbocycles. The first-order valence-corrected chi connectivity index (χ1v) is 8.52. The summed E-state index contributed by atoms with van der Waals surface area (Å²) in [6, 6.07) is 15.3. The number of rotatable bonds is 2. The maximum absolute atomic E-state index is 12.6. The fraction of sp³-hybridized carbons (Fsp3) is 0.300. The Morgan fingerprint density at radius 2 is 1.88 bits per heavy atom. The minimum Gasteiger partial charge on any atom is -0.312 e. The predicted molar refractivity (Wildman–Crippen MR) is 93.6 cm³/mol. The van der Waals surface area contributed by atoms with Crippen molar-refractivity contribution >= 4 is 17.5 Å². The molecule has 0 bridgehead atoms. The van der Waals surface area contributed by atoms with Gasteiger partial charge in [0.1, 0.15) is 0 Å². The van der Waals surface area contributed by atoms with Crippen LogP contribution >= 0.6 is 0 Å². The molecule has 128 valence electrons. The summed E-state index contributed by atoms with van der Waals surface area (Å²) >= 11 is 0. The number of amides is 2. The standard InChI is InChI=1S/C20H20N2O3/c23-18-12-20(13-22(18)17-4-2-1-3-5-17)9-8-14-6-7-15(19(24)21-25)10-16(14)11-20/h1-7,10,25H,8-9,11-13H2,(H,21,24)/t20-/m1/s1. The Balaban J connectivity index is 1.61. The summed E-state index contributed by atoms with van der Waals surface area (Å²) in [6.45, 7) is 0.714. The van der Waals surface area contributed by atoms with Crippen molar-refractivity contribution in [2.45, 2.75) is 25.7 Å². The van der Waals surface area contributed by atoms with Gasteiger partial charge in [0.05, 0.1) is 0 Å². The summed E-state index contributed by atoms with van der Waals surface area (Å²) < 4.78 is 0. The van der Waals surface area contributed by atoms with Gasteiger partial charge in [-0.15, -0.1) is 0 Å². The number of nitrogens with one attached hydrogen (secondary N) is 1. The van der Waals surface area contributed by atoms with Crippen LogP contribution in [0.3, 0.4) is 0 Å². The van der Waals surface area contributed by atoms with E-state index in [-0.39, 0.29) is 11.3 Å². The van der Waals surface area contributed by atoms with Crippen LogP contribution in [0, 0.1) is 5.41 Å². The molecular weight excluding hydrogens is 316 g/mol. The first kappa shape index (κ1) is 15.8. The van der Waals surface area contributed by atoms with Crippen LogP contribution in [0.1, 0.15) is 34.3 Å². The van der Waals surface area contributed by atoms with Gasteiger partial charge in [-0.25, -0.2) is 5.48 Å². The van der Waals surface area contributed by atoms with E-state index in [1.54, 1.807) is 11.5 Å². The van der Waals surface area contributed by atoms with Gasteiger partial charge >= 0.3 is 0 Å². The second-order valence-electron chi connectivity index (χ2n) is 7.09. The summed E-state index contributed by atoms with van der Waals surface area (Å²) in [5, 5.41) is 8.84. The van der Waals surface area contributed by atoms with Crippen LogP contribution in [0.25, 0.3) is 0 Å². The van der Waals surface area contributed by atoms with Gasteiger partial charge in [-0.1, -0.05) is 24.3 Å². The number of hydrogen-bond acceptors (Lipinski definition) is 3. The van der Waals surface area contributed by atoms with Crippen LogP contribution in [-0.4, -0.2) is 23.6 Å². The van der Waals surface area contributed by atoms with Crippen LogP contribution in [0.4, 0.5) is 5.69 Å². The fourth-order valence-electron chi connectivity index (χ4n) is 4.16. The van der Waals surface area contributed by atoms with E-state index in [4.69, 9.17) is 5.21 Å². The molecule has 2 aromatic carbocycles. The van der Waals surface area contributed by atoms with Gasteiger partial charge in [0, 0.05) is 29.6 Å². The quantitative estimate of drug-likeness (QED) is 0.654. The third-order valence-electron chi connectivity index (χ3n) is 5.45. The molecule has 2 aromatic rings. The number of anilines is 1. The molecule has 0 aromatic heterocycles. The van der Waals surface area contributed by atoms with Crippen molar-refractivity contribution in [3.05, 3.63) is 65.2 Å². The van der Waals surface area contributed by atoms with Gasteiger partial charge in [-0.3, -0.25) is 14.8 Å². The van der Waals surface area contributed by atoms with Crippen LogP contribution in [-0.2, 0) is 17.6 Å². The zero-order chi connectivity index (χ0) is 17.4. The Morgan fingerprint density at radius 1 is 1.08 bits per heavy atom. The highest BCUT2D eigenvalue weighted by Crippen LogP contribution is 2.44. The first-order chi connectivity index (χ1) is 12.1. The van der Waals surface area contributed by atoms with Crippen molar-refractivity contribution in [1.82, 2.24) is 5.48 Å². The molecule has 1 aliphatic heterocycles. The Hall–Kier alpha value is -2.66. The highest BCUT2D eigenvalue weighted by Gasteiger charge is 2.45. The zero-order valence-corrected chi connectivity index (χ0v) is 13.9. The SMILES string of the molecule is O=C(NO)c1ccc2c(c1)C[C@]1(CC2)CC(=O)N(c2ccccc2)C1. The van der Waals surface area contributed by atoms with Crippen LogP contribution in [0.2, 0.25) is 0 Å². The Bertz CT molecular complexity index is 834. The molecular formula is C20H20N2O3. The first-order valence-electron chi connectivity index (χ1n) is 8.52. The van der Waals surface area contributed by atoms with Crippen molar-refractivity contribution in [2.24, 2.45) is 5.41 Å². The van der Waals surface area contributed by atoms with E-state index in [0.717, 1.165) is 30.5 Å². The monoisotopic (exact) mass is 336 g/mol. The van der Waals surface area contributed by atoms with Gasteiger partial charge in [0.15, 0.2) is 0 Å². The van der Waals surface area contributed by atoms with Crippen LogP contribution in [0.15, 0.2) is 48.5 Å². The largest absolute Gasteiger partial charge is 0.312 e. The Morgan fingerprint density at radius 3 is 2.64 bits per heavy atom. The number of hydrogen-bond donors (Lipinski definition) is 2. The number of carbonyl (C=O) groups excluding carboxylic acids is 2. The molecule has 1 spiro atoms. The van der Waals surface area contributed by atoms with E-state index < -0.39 is 5.91 Å². The zero-order valence-electron chi connectivity index (χ0n) is 13.9. The average Bonchev–Trinajstić information content (AvgIpc) is 2.96. The molecule has 1 atom stereocenters. The van der Waals surface area contributed by atoms with E-state index in [2.05, 4.69) is 0 Å². The third-order valence-corrected chi connectivity index (χ3v) is 5.45. The number of nitrogens with zero attached hydrogens (tertiary/aromatic N) is 1. The van der Waals surface area contributed by atoms with Gasteiger partial charge in [-0.2, -0.15) is 0 Å². The molecule has 2 aliphatic rings. The van der Waals surface area contributed by atoms with Crippen molar-refractivity contribution in [1.29, 1.82) is 0 Å². The van der Waals surface area contributed by atoms with Gasteiger partial charge in [0.2, 0.25) is 5.91 Å². The minimum absolute atomic E-state index is 0.0752. The molecule has 5 heteroatoms. The highest BCUT2D eigenvalue weighted by molar-refractivity contribution is 5.96. The molecule has 2 amide bonds. The summed E-state index contributed by atoms with van der Waals surface area (Å²) in [5.74, 6) is -0.338. The smallest absolute Gasteiger partial charge is 0.274 e. The van der Waals surface area contributed by atoms with E-state index in [9.17, 15) is 9.59 Å². The van der Waals surface area contributed by atoms with E-state index in [1.807, 2.05) is 47.4 Å². The average molecular weight is 336 g/mol. The number of fused-ring (bicyclic) bond motifs is 1. The molecule has 2 N–H and O–H groups in total. The number of hydroxylamine groups is 1. The molecule has 25 heavy (non-hydrogen) atoms. The highest BCUT2D eigenvalue weighted by atomic mass is 16.5. The van der Waals surface area contributed by atoms with E-state index in [1.165, 1.54) is 5.56 Å². The third kappa shape index (κ3) is 2.81. The molecule has 1 fully saturated rings. The number of benzene rings is 2. The van der Waals surface area contributed by atoms with Crippen LogP contribution < -0.4 is 10.4 Å². The van der Waals surface area contributed by atoms with Crippen molar-refractivity contribution in [3.8, 4) is 0 Å². The molecule has 0 unspecified atom stereocenters. The molecule has 1 saturated heterocycles. The van der Waals surface area contributed by atoms with Crippen molar-refractivity contribution < 1.29 is 14.8 Å². The maximum Gasteiger partial charge on any atom is 0.274 e. The number of aryl methyl sites for hydroxylation is 1. The second-order valence-corrected chi connectivity index (χ2v) is 7.09. The fourth-order valence-corrected chi connectivity index (χ4v) is 4.16. The Kier molecular flexibility index (Phi) is 3.81. The van der Waals surface area contributed by atoms with E-state index >= 15 is 0 Å². The summed E-state index contributed by atoms with van der Waals surface area (Å²) in [5.41, 5.74) is 5.34. The lowest BCUT2D eigenvalue weighted by Gasteiger charge is -2.34. The second kappa shape index (κ2) is 6.01. The summed E-state index contributed by atoms with van der Waals surface area (Å²) in [7, 11) is 0. The van der Waals surface area contributed by atoms with Crippen molar-refractivity contribution in [3.63, 3.8) is 0 Å². The minimum atomic E-state index is -0.504. The lowest BCUT2D eigenvalue weighted by Crippen LogP contribution is -2.33. The van der Waals surface area contributed by atoms with Gasteiger partial charge < -0.3 is 4.90 Å². The molecule has 1 aliphatic carbocycles. The van der Waals surface area contributed by atoms with Gasteiger partial charge in [-0.05, 0) is 54.7 Å². The number of para-hydroxylation sites is 1. The Labute approximate surface area is 146 Å². The van der Waals surface area contributed by atoms with Crippen molar-refractivity contribution in [2.75, 3.05) is 11.4 Å². The summed E-state index contributed by atoms with van der Waals surface area (Å²) in [6.07, 6.45) is 3.20. The predicted octanol–water partition coefficient (Wildman–Crippen LogP) is 2.72. The molecule has 4 rings (SSSR count). The normalized spacial score (nSPS) is 22.1. The molecule has 5 nitrogen and oxygen atoms in total. The lowest BCUT2D eigenvalue weighted by molar-refractivity contribution is -0.117. The number of carbonyl (C=O) groups is 2. The van der Waals surface area contributed by atoms with Crippen LogP contribution in [0.5, 0.6) is 0 Å². The molecule has 1 heterocycles. The maximum atomic E-state index is 12.6. The van der Waals surface area contributed by atoms with Gasteiger partial charge in [0.25, 0.3) is 5.91 Å². The van der Waals surface area contributed by atoms with E-state index in [0.29, 0.717) is 18.5 Å². The summed E-state index contributed by atoms with van der Waals surface area (Å²) in [4.78, 5) is 26.2.